The van der Waals surface area contributed by atoms with Crippen molar-refractivity contribution in [3.8, 4) is 22.3 Å². The number of rotatable bonds is 6. The molecule has 2 nitrogen and oxygen atoms in total. The first-order valence-corrected chi connectivity index (χ1v) is 29.4. The predicted molar refractivity (Wildman–Crippen MR) is 237 cm³/mol. The van der Waals surface area contributed by atoms with E-state index < -0.39 is 37.6 Å². The van der Waals surface area contributed by atoms with Gasteiger partial charge in [0, 0.05) is 0 Å². The molecule has 9 rings (SSSR count). The van der Waals surface area contributed by atoms with Crippen LogP contribution >= 0.6 is 0 Å². The van der Waals surface area contributed by atoms with Crippen molar-refractivity contribution < 1.29 is 6.03 Å². The third-order valence-electron chi connectivity index (χ3n) is 12.8. The molecule has 0 saturated heterocycles. The Labute approximate surface area is 340 Å². The van der Waals surface area contributed by atoms with Gasteiger partial charge in [-0.15, -0.1) is 0 Å². The molecule has 2 aliphatic rings. The Morgan fingerprint density at radius 3 is 0.804 bits per heavy atom. The summed E-state index contributed by atoms with van der Waals surface area (Å²) in [4.78, 5) is 0. The Kier molecular flexibility index (Phi) is 8.78. The molecular weight excluding hydrogens is 900 g/mol. The fourth-order valence-corrected chi connectivity index (χ4v) is 24.2. The molecule has 0 aromatic heterocycles. The van der Waals surface area contributed by atoms with Crippen LogP contribution in [-0.4, -0.2) is 37.6 Å². The normalized spacial score (nSPS) is 14.9. The summed E-state index contributed by atoms with van der Waals surface area (Å²) in [6.07, 6.45) is 0. The molecule has 0 unspecified atom stereocenters. The van der Waals surface area contributed by atoms with Crippen LogP contribution in [-0.2, 0) is 16.9 Å². The summed E-state index contributed by atoms with van der Waals surface area (Å²) in [5.74, 6) is 0. The van der Waals surface area contributed by atoms with Gasteiger partial charge in [0.1, 0.15) is 0 Å². The summed E-state index contributed by atoms with van der Waals surface area (Å²) in [6, 6.07) is 51.6. The number of fused-ring (bicyclic) bond motifs is 6. The van der Waals surface area contributed by atoms with Gasteiger partial charge < -0.3 is 0 Å². The molecule has 0 N–H and O–H groups in total. The van der Waals surface area contributed by atoms with Crippen molar-refractivity contribution in [2.24, 2.45) is 0 Å². The van der Waals surface area contributed by atoms with Crippen molar-refractivity contribution in [3.63, 3.8) is 0 Å². The molecule has 0 spiro atoms. The Morgan fingerprint density at radius 1 is 0.304 bits per heavy atom. The Bertz CT molecular complexity index is 2510. The zero-order chi connectivity index (χ0) is 39.4. The van der Waals surface area contributed by atoms with Gasteiger partial charge in [0.25, 0.3) is 0 Å². The van der Waals surface area contributed by atoms with E-state index in [9.17, 15) is 0 Å². The summed E-state index contributed by atoms with van der Waals surface area (Å²) < 4.78 is 37.1. The summed E-state index contributed by atoms with van der Waals surface area (Å²) in [5, 5.41) is 0. The Balaban J connectivity index is 1.17. The van der Waals surface area contributed by atoms with Crippen LogP contribution in [0.4, 0.5) is 0 Å². The quantitative estimate of drug-likeness (QED) is 0.157. The maximum atomic E-state index is 15.7. The molecule has 0 atom stereocenters. The van der Waals surface area contributed by atoms with Gasteiger partial charge in [-0.25, -0.2) is 0 Å². The van der Waals surface area contributed by atoms with E-state index in [2.05, 4.69) is 201 Å². The van der Waals surface area contributed by atoms with Crippen LogP contribution in [0.1, 0.15) is 72.2 Å². The van der Waals surface area contributed by atoms with Crippen LogP contribution in [0, 0.1) is 27.7 Å². The van der Waals surface area contributed by atoms with Crippen LogP contribution in [0.5, 0.6) is 0 Å². The molecule has 0 radical (unpaired) electrons. The van der Waals surface area contributed by atoms with Crippen molar-refractivity contribution in [3.05, 3.63) is 190 Å². The summed E-state index contributed by atoms with van der Waals surface area (Å²) in [6.45, 7) is 17.6. The number of hydrogen-bond donors (Lipinski definition) is 0. The molecule has 0 heterocycles. The minimum atomic E-state index is -4.45. The van der Waals surface area contributed by atoms with Gasteiger partial charge in [-0.2, -0.15) is 0 Å². The van der Waals surface area contributed by atoms with Crippen molar-refractivity contribution in [2.75, 3.05) is 0 Å². The van der Waals surface area contributed by atoms with E-state index in [1.807, 2.05) is 0 Å². The van der Waals surface area contributed by atoms with E-state index in [0.29, 0.717) is 0 Å². The van der Waals surface area contributed by atoms with Gasteiger partial charge in [0.05, 0.1) is 0 Å². The van der Waals surface area contributed by atoms with Crippen molar-refractivity contribution in [1.29, 1.82) is 0 Å². The average Bonchev–Trinajstić information content (AvgIpc) is 3.55. The monoisotopic (exact) mass is 946 g/mol. The third-order valence-corrected chi connectivity index (χ3v) is 30.2. The molecule has 278 valence electrons. The molecule has 0 aliphatic heterocycles. The van der Waals surface area contributed by atoms with Crippen molar-refractivity contribution >= 4 is 58.6 Å². The molecule has 2 aliphatic carbocycles. The number of aryl methyl sites for hydroxylation is 4. The van der Waals surface area contributed by atoms with Gasteiger partial charge in [-0.1, -0.05) is 0 Å². The van der Waals surface area contributed by atoms with Crippen LogP contribution in [0.3, 0.4) is 0 Å². The molecule has 7 aromatic carbocycles. The zero-order valence-electron chi connectivity index (χ0n) is 33.6. The van der Waals surface area contributed by atoms with E-state index in [-0.39, 0.29) is 10.8 Å². The Morgan fingerprint density at radius 2 is 0.536 bits per heavy atom. The van der Waals surface area contributed by atoms with E-state index in [0.717, 1.165) is 43.3 Å². The molecule has 0 fully saturated rings. The summed E-state index contributed by atoms with van der Waals surface area (Å²) >= 11 is -8.89. The van der Waals surface area contributed by atoms with Gasteiger partial charge in [-0.05, 0) is 0 Å². The summed E-state index contributed by atoms with van der Waals surface area (Å²) in [5.41, 5.74) is 14.1. The Hall–Kier alpha value is -4.22. The first kappa shape index (κ1) is 37.4. The molecule has 0 bridgehead atoms. The SMILES string of the molecule is Cc1cc[c]([Sb](=[O])([c]2ccc(C)cc2)[c]2ccc3c(c2)C(C)(C)c2cc4c(cc2-3)C(C)(C)c2c[c]([Sb](=[O])([c]3ccc(C)cc3)[c]3ccc(C)cc3)ccc2-4)cc1. The van der Waals surface area contributed by atoms with Crippen LogP contribution in [0.25, 0.3) is 22.3 Å². The molecule has 56 heavy (non-hydrogen) atoms. The van der Waals surface area contributed by atoms with Crippen molar-refractivity contribution in [2.45, 2.75) is 66.2 Å². The summed E-state index contributed by atoms with van der Waals surface area (Å²) in [7, 11) is 0. The first-order chi connectivity index (χ1) is 26.6. The average molecular weight is 948 g/mol. The van der Waals surface area contributed by atoms with Gasteiger partial charge >= 0.3 is 343 Å². The molecule has 7 aromatic rings. The second-order valence-electron chi connectivity index (χ2n) is 17.2. The third kappa shape index (κ3) is 5.57. The fraction of sp³-hybridized carbons (Fsp3) is 0.192. The molecule has 4 heteroatoms. The fourth-order valence-electron chi connectivity index (χ4n) is 9.24. The first-order valence-electron chi connectivity index (χ1n) is 19.6. The van der Waals surface area contributed by atoms with E-state index >= 15 is 6.03 Å². The van der Waals surface area contributed by atoms with Gasteiger partial charge in [0.15, 0.2) is 0 Å². The van der Waals surface area contributed by atoms with E-state index in [4.69, 9.17) is 0 Å². The predicted octanol–water partition coefficient (Wildman–Crippen LogP) is 8.33. The van der Waals surface area contributed by atoms with Crippen LogP contribution in [0.15, 0.2) is 146 Å². The second kappa shape index (κ2) is 13.2. The van der Waals surface area contributed by atoms with E-state index in [1.54, 1.807) is 0 Å². The molecular formula is C52H48O2Sb2. The van der Waals surface area contributed by atoms with Gasteiger partial charge in [0.2, 0.25) is 0 Å². The van der Waals surface area contributed by atoms with E-state index in [1.165, 1.54) is 44.5 Å². The molecule has 0 saturated carbocycles. The van der Waals surface area contributed by atoms with Crippen molar-refractivity contribution in [1.82, 2.24) is 0 Å². The standard InChI is InChI=1S/C24H20.4C7H7.2O.2Sb/c1-23(2)19-11-7-5-9-15(19)17-14-22-18(13-21(17)23)16-10-6-8-12-20(16)24(22,3)4;4*1-7-5-3-2-4-6-7;;;;/h5-6,9-14H,1-4H3;4*3-6H,1H3;;;;. The van der Waals surface area contributed by atoms with Crippen LogP contribution in [0.2, 0.25) is 0 Å². The van der Waals surface area contributed by atoms with Crippen LogP contribution < -0.4 is 21.1 Å². The number of benzene rings is 7. The maximum absolute atomic E-state index is 15.7. The minimum absolute atomic E-state index is 0.300. The number of hydrogen-bond acceptors (Lipinski definition) is 2. The molecule has 0 amide bonds. The topological polar surface area (TPSA) is 34.1 Å². The van der Waals surface area contributed by atoms with Gasteiger partial charge in [-0.3, -0.25) is 0 Å². The second-order valence-corrected chi connectivity index (χ2v) is 33.0. The zero-order valence-corrected chi connectivity index (χ0v) is 38.7.